The van der Waals surface area contributed by atoms with Gasteiger partial charge in [-0.3, -0.25) is 9.97 Å². The Kier molecular flexibility index (Phi) is 5.23. The first-order chi connectivity index (χ1) is 18.4. The van der Waals surface area contributed by atoms with Gasteiger partial charge in [-0.1, -0.05) is 90.6 Å². The van der Waals surface area contributed by atoms with Gasteiger partial charge in [0.15, 0.2) is 0 Å². The number of nitrogens with zero attached hydrogens (tertiary/aromatic N) is 2. The Morgan fingerprint density at radius 2 is 1.11 bits per heavy atom. The van der Waals surface area contributed by atoms with E-state index >= 15 is 0 Å². The van der Waals surface area contributed by atoms with Crippen molar-refractivity contribution in [3.05, 3.63) is 161 Å². The molecule has 0 unspecified atom stereocenters. The van der Waals surface area contributed by atoms with Gasteiger partial charge in [0.1, 0.15) is 0 Å². The second kappa shape index (κ2) is 8.88. The molecule has 37 heavy (non-hydrogen) atoms. The summed E-state index contributed by atoms with van der Waals surface area (Å²) in [5.74, 6) is 0. The minimum atomic E-state index is -0.377. The fraction of sp³-hybridized carbons (Fsp3) is 0.0294. The van der Waals surface area contributed by atoms with Crippen LogP contribution in [0.2, 0.25) is 0 Å². The molecule has 0 radical (unpaired) electrons. The molecule has 0 amide bonds. The third kappa shape index (κ3) is 3.43. The maximum Gasteiger partial charge on any atom is 0.0702 e. The van der Waals surface area contributed by atoms with Crippen molar-refractivity contribution >= 4 is 9.12 Å². The van der Waals surface area contributed by atoms with Gasteiger partial charge >= 0.3 is 0 Å². The molecule has 0 aliphatic heterocycles. The molecule has 0 atom stereocenters. The summed E-state index contributed by atoms with van der Waals surface area (Å²) in [5.41, 5.74) is 12.9. The Morgan fingerprint density at radius 3 is 1.73 bits per heavy atom. The zero-order valence-electron chi connectivity index (χ0n) is 20.3. The van der Waals surface area contributed by atoms with Crippen molar-refractivity contribution in [2.45, 2.75) is 5.41 Å². The smallest absolute Gasteiger partial charge is 0.0702 e. The Bertz CT molecular complexity index is 1600. The number of hydrogen-bond donors (Lipinski definition) is 0. The first-order valence-electron chi connectivity index (χ1n) is 12.6. The molecule has 7 rings (SSSR count). The highest BCUT2D eigenvalue weighted by Gasteiger charge is 2.45. The van der Waals surface area contributed by atoms with Crippen LogP contribution in [0.25, 0.3) is 33.6 Å². The van der Waals surface area contributed by atoms with Gasteiger partial charge in [-0.15, -0.1) is 0 Å². The normalized spacial score (nSPS) is 13.1. The van der Waals surface area contributed by atoms with E-state index in [0.29, 0.717) is 0 Å². The molecular weight excluding hydrogens is 464 g/mol. The molecule has 3 heteroatoms. The van der Waals surface area contributed by atoms with E-state index in [1.54, 1.807) is 0 Å². The van der Waals surface area contributed by atoms with E-state index in [-0.39, 0.29) is 14.5 Å². The number of benzene rings is 3. The number of hydrogen-bond acceptors (Lipinski definition) is 2. The molecule has 3 heterocycles. The highest BCUT2D eigenvalue weighted by molar-refractivity contribution is 6.35. The lowest BCUT2D eigenvalue weighted by atomic mass is 9.70. The molecule has 6 aromatic rings. The van der Waals surface area contributed by atoms with Crippen molar-refractivity contribution in [2.75, 3.05) is 0 Å². The molecule has 3 aromatic heterocycles. The predicted octanol–water partition coefficient (Wildman–Crippen LogP) is 7.24. The summed E-state index contributed by atoms with van der Waals surface area (Å²) >= 11 is 0. The number of fused-ring (bicyclic) bond motifs is 3. The summed E-state index contributed by atoms with van der Waals surface area (Å²) in [5, 5.41) is 1.51. The van der Waals surface area contributed by atoms with E-state index in [2.05, 4.69) is 125 Å². The molecule has 0 bridgehead atoms. The number of aromatic nitrogens is 2. The molecule has 2 nitrogen and oxygen atoms in total. The topological polar surface area (TPSA) is 25.8 Å². The van der Waals surface area contributed by atoms with Crippen LogP contribution in [0.4, 0.5) is 0 Å². The average molecular weight is 489 g/mol. The van der Waals surface area contributed by atoms with Gasteiger partial charge in [-0.05, 0) is 69.4 Å². The van der Waals surface area contributed by atoms with Crippen LogP contribution in [-0.2, 0) is 5.41 Å². The largest absolute Gasteiger partial charge is 0.256 e. The first kappa shape index (κ1) is 21.8. The zero-order valence-corrected chi connectivity index (χ0v) is 21.4. The molecule has 0 saturated heterocycles. The maximum absolute atomic E-state index is 4.66. The Labute approximate surface area is 219 Å². The second-order valence-corrected chi connectivity index (χ2v) is 10.7. The van der Waals surface area contributed by atoms with E-state index in [0.717, 1.165) is 22.5 Å². The van der Waals surface area contributed by atoms with Gasteiger partial charge in [0.05, 0.1) is 16.8 Å². The molecule has 1 aliphatic carbocycles. The lowest BCUT2D eigenvalue weighted by Gasteiger charge is -2.34. The molecular formula is C34H24N2Si. The van der Waals surface area contributed by atoms with Crippen molar-refractivity contribution in [1.82, 2.24) is 9.97 Å². The maximum atomic E-state index is 4.66. The van der Waals surface area contributed by atoms with Crippen LogP contribution in [0.15, 0.2) is 139 Å². The van der Waals surface area contributed by atoms with E-state index in [4.69, 9.17) is 0 Å². The summed E-state index contributed by atoms with van der Waals surface area (Å²) in [6.45, 7) is 0. The van der Waals surface area contributed by atoms with Gasteiger partial charge in [-0.2, -0.15) is 0 Å². The molecule has 1 aliphatic rings. The van der Waals surface area contributed by atoms with Gasteiger partial charge in [0, 0.05) is 32.6 Å². The van der Waals surface area contributed by atoms with Gasteiger partial charge in [-0.25, -0.2) is 0 Å². The van der Waals surface area contributed by atoms with Crippen LogP contribution in [-0.4, -0.2) is 19.1 Å². The third-order valence-corrected chi connectivity index (χ3v) is 8.96. The molecule has 174 valence electrons. The number of pyridine rings is 2. The molecule has 0 fully saturated rings. The highest BCUT2D eigenvalue weighted by atomic mass is 28.2. The zero-order chi connectivity index (χ0) is 24.7. The first-order valence-corrected chi connectivity index (χ1v) is 13.8. The van der Waals surface area contributed by atoms with E-state index in [9.17, 15) is 0 Å². The summed E-state index contributed by atoms with van der Waals surface area (Å²) in [6.07, 6.45) is 3.73. The lowest BCUT2D eigenvalue weighted by Crippen LogP contribution is -2.29. The second-order valence-electron chi connectivity index (χ2n) is 9.43. The van der Waals surface area contributed by atoms with Gasteiger partial charge in [0.2, 0.25) is 0 Å². The molecule has 3 aromatic carbocycles. The van der Waals surface area contributed by atoms with Crippen LogP contribution < -0.4 is 0 Å². The highest BCUT2D eigenvalue weighted by Crippen LogP contribution is 2.55. The lowest BCUT2D eigenvalue weighted by molar-refractivity contribution is 0.782. The monoisotopic (exact) mass is 488 g/mol. The van der Waals surface area contributed by atoms with Crippen LogP contribution >= 0.6 is 0 Å². The summed E-state index contributed by atoms with van der Waals surface area (Å²) in [6, 6.07) is 43.7. The summed E-state index contributed by atoms with van der Waals surface area (Å²) < 4.78 is 0. The van der Waals surface area contributed by atoms with Crippen molar-refractivity contribution in [2.24, 2.45) is 0 Å². The summed E-state index contributed by atoms with van der Waals surface area (Å²) in [7, 11) is -0.0171. The summed E-state index contributed by atoms with van der Waals surface area (Å²) in [4.78, 5) is 9.32. The number of rotatable bonds is 4. The fourth-order valence-corrected chi connectivity index (χ4v) is 7.50. The van der Waals surface area contributed by atoms with Crippen molar-refractivity contribution in [3.8, 4) is 33.6 Å². The van der Waals surface area contributed by atoms with Gasteiger partial charge < -0.3 is 0 Å². The van der Waals surface area contributed by atoms with Crippen LogP contribution in [0.1, 0.15) is 21.9 Å². The van der Waals surface area contributed by atoms with Crippen molar-refractivity contribution in [1.29, 1.82) is 0 Å². The minimum absolute atomic E-state index is 0.0171. The van der Waals surface area contributed by atoms with E-state index in [1.165, 1.54) is 33.0 Å². The Morgan fingerprint density at radius 1 is 0.514 bits per heavy atom. The fourth-order valence-electron chi connectivity index (χ4n) is 5.91. The molecule has 0 saturated carbocycles. The standard InChI is InChI=1S/C34H24N2Si/c1-2-16-30-28(14-1)29-15-9-21-37-33(29)34(30,26-12-7-10-24(22-26)31-17-3-5-19-35-31)27-13-8-11-25(23-27)32-18-4-6-20-36-32/h1-23,37H. The van der Waals surface area contributed by atoms with Crippen LogP contribution in [0, 0.1) is 0 Å². The predicted molar refractivity (Wildman–Crippen MR) is 153 cm³/mol. The molecule has 0 spiro atoms. The average Bonchev–Trinajstić information content (AvgIpc) is 3.30. The van der Waals surface area contributed by atoms with E-state index < -0.39 is 0 Å². The SMILES string of the molecule is c1ccc(-c2cccc(C3(c4cccc(-c5ccccn5)c4)c4ccccc4-c4ccc[siH]c43)c2)nc1. The van der Waals surface area contributed by atoms with Crippen molar-refractivity contribution < 1.29 is 0 Å². The Hall–Kier alpha value is -4.47. The Balaban J connectivity index is 1.56. The molecule has 0 N–H and O–H groups in total. The van der Waals surface area contributed by atoms with Crippen LogP contribution in [0.5, 0.6) is 0 Å². The van der Waals surface area contributed by atoms with Crippen LogP contribution in [0.3, 0.4) is 0 Å². The van der Waals surface area contributed by atoms with Gasteiger partial charge in [0.25, 0.3) is 0 Å². The van der Waals surface area contributed by atoms with Crippen molar-refractivity contribution in [3.63, 3.8) is 0 Å². The minimum Gasteiger partial charge on any atom is -0.256 e. The van der Waals surface area contributed by atoms with E-state index in [1.807, 2.05) is 24.5 Å². The third-order valence-electron chi connectivity index (χ3n) is 7.46. The quantitative estimate of drug-likeness (QED) is 0.244.